The van der Waals surface area contributed by atoms with Gasteiger partial charge in [0.05, 0.1) is 11.4 Å². The molecule has 0 spiro atoms. The maximum absolute atomic E-state index is 12.8. The molecular formula is C19H24N4O4S. The fraction of sp³-hybridized carbons (Fsp3) is 0.526. The molecule has 1 aliphatic carbocycles. The SMILES string of the molecule is CC(=O)c1ccc(S(=O)(=O)N2CCN(Cc3nnc(C4CCC4)o3)CC2)cc1. The van der Waals surface area contributed by atoms with E-state index in [2.05, 4.69) is 15.1 Å². The van der Waals surface area contributed by atoms with Crippen molar-refractivity contribution in [3.8, 4) is 0 Å². The number of sulfonamides is 1. The van der Waals surface area contributed by atoms with Crippen LogP contribution in [0.3, 0.4) is 0 Å². The molecule has 2 fully saturated rings. The number of benzene rings is 1. The Morgan fingerprint density at radius 3 is 2.36 bits per heavy atom. The van der Waals surface area contributed by atoms with Crippen LogP contribution >= 0.6 is 0 Å². The van der Waals surface area contributed by atoms with Crippen LogP contribution < -0.4 is 0 Å². The van der Waals surface area contributed by atoms with Gasteiger partial charge in [-0.05, 0) is 31.9 Å². The molecule has 0 amide bonds. The first-order valence-corrected chi connectivity index (χ1v) is 11.0. The molecule has 8 nitrogen and oxygen atoms in total. The molecule has 150 valence electrons. The van der Waals surface area contributed by atoms with Crippen molar-refractivity contribution in [3.05, 3.63) is 41.6 Å². The van der Waals surface area contributed by atoms with Crippen molar-refractivity contribution in [2.24, 2.45) is 0 Å². The summed E-state index contributed by atoms with van der Waals surface area (Å²) >= 11 is 0. The summed E-state index contributed by atoms with van der Waals surface area (Å²) in [6, 6.07) is 6.11. The minimum absolute atomic E-state index is 0.0842. The van der Waals surface area contributed by atoms with Gasteiger partial charge >= 0.3 is 0 Å². The van der Waals surface area contributed by atoms with Gasteiger partial charge in [-0.25, -0.2) is 8.42 Å². The molecule has 4 rings (SSSR count). The predicted octanol–water partition coefficient (Wildman–Crippen LogP) is 2.05. The van der Waals surface area contributed by atoms with E-state index in [1.807, 2.05) is 0 Å². The molecule has 2 aliphatic rings. The van der Waals surface area contributed by atoms with Crippen molar-refractivity contribution in [1.82, 2.24) is 19.4 Å². The van der Waals surface area contributed by atoms with Crippen LogP contribution in [0.1, 0.15) is 54.2 Å². The van der Waals surface area contributed by atoms with Crippen molar-refractivity contribution in [1.29, 1.82) is 0 Å². The Kier molecular flexibility index (Phi) is 5.31. The zero-order chi connectivity index (χ0) is 19.7. The van der Waals surface area contributed by atoms with Crippen molar-refractivity contribution in [2.75, 3.05) is 26.2 Å². The molecule has 1 aromatic heterocycles. The summed E-state index contributed by atoms with van der Waals surface area (Å²) in [5.74, 6) is 1.66. The van der Waals surface area contributed by atoms with Gasteiger partial charge in [-0.1, -0.05) is 18.6 Å². The van der Waals surface area contributed by atoms with Crippen LogP contribution in [0.4, 0.5) is 0 Å². The Bertz CT molecular complexity index is 943. The van der Waals surface area contributed by atoms with Crippen LogP contribution in [0.25, 0.3) is 0 Å². The number of carbonyl (C=O) groups is 1. The second-order valence-electron chi connectivity index (χ2n) is 7.42. The molecule has 9 heteroatoms. The van der Waals surface area contributed by atoms with Crippen LogP contribution in [-0.2, 0) is 16.6 Å². The van der Waals surface area contributed by atoms with Crippen molar-refractivity contribution in [3.63, 3.8) is 0 Å². The summed E-state index contributed by atoms with van der Waals surface area (Å²) in [7, 11) is -3.56. The fourth-order valence-corrected chi connectivity index (χ4v) is 4.90. The minimum atomic E-state index is -3.56. The van der Waals surface area contributed by atoms with Crippen LogP contribution in [0.5, 0.6) is 0 Å². The van der Waals surface area contributed by atoms with E-state index in [1.54, 1.807) is 12.1 Å². The zero-order valence-corrected chi connectivity index (χ0v) is 16.7. The third-order valence-corrected chi connectivity index (χ3v) is 7.44. The molecule has 2 aromatic rings. The molecular weight excluding hydrogens is 380 g/mol. The van der Waals surface area contributed by atoms with Crippen LogP contribution in [0.2, 0.25) is 0 Å². The number of nitrogens with zero attached hydrogens (tertiary/aromatic N) is 4. The van der Waals surface area contributed by atoms with Gasteiger partial charge in [-0.15, -0.1) is 10.2 Å². The van der Waals surface area contributed by atoms with Gasteiger partial charge in [0.2, 0.25) is 21.8 Å². The lowest BCUT2D eigenvalue weighted by Crippen LogP contribution is -2.48. The molecule has 1 saturated carbocycles. The average molecular weight is 404 g/mol. The molecule has 1 aromatic carbocycles. The highest BCUT2D eigenvalue weighted by molar-refractivity contribution is 7.89. The lowest BCUT2D eigenvalue weighted by atomic mass is 9.85. The van der Waals surface area contributed by atoms with Crippen molar-refractivity contribution >= 4 is 15.8 Å². The number of aromatic nitrogens is 2. The largest absolute Gasteiger partial charge is 0.424 e. The summed E-state index contributed by atoms with van der Waals surface area (Å²) < 4.78 is 32.9. The molecule has 0 radical (unpaired) electrons. The Morgan fingerprint density at radius 1 is 1.11 bits per heavy atom. The Hall–Kier alpha value is -2.10. The van der Waals surface area contributed by atoms with Crippen molar-refractivity contribution < 1.29 is 17.6 Å². The summed E-state index contributed by atoms with van der Waals surface area (Å²) in [5.41, 5.74) is 0.504. The first-order valence-electron chi connectivity index (χ1n) is 9.59. The summed E-state index contributed by atoms with van der Waals surface area (Å²) in [6.45, 7) is 4.01. The third kappa shape index (κ3) is 3.87. The topological polar surface area (TPSA) is 96.6 Å². The average Bonchev–Trinajstić information content (AvgIpc) is 3.08. The maximum atomic E-state index is 12.8. The highest BCUT2D eigenvalue weighted by Crippen LogP contribution is 2.35. The summed E-state index contributed by atoms with van der Waals surface area (Å²) in [4.78, 5) is 13.7. The van der Waals surface area contributed by atoms with E-state index in [0.717, 1.165) is 18.7 Å². The molecule has 0 unspecified atom stereocenters. The highest BCUT2D eigenvalue weighted by atomic mass is 32.2. The zero-order valence-electron chi connectivity index (χ0n) is 15.9. The number of hydrogen-bond donors (Lipinski definition) is 0. The standard InChI is InChI=1S/C19H24N4O4S/c1-14(24)15-5-7-17(8-6-15)28(25,26)23-11-9-22(10-12-23)13-18-20-21-19(27-18)16-3-2-4-16/h5-8,16H,2-4,9-13H2,1H3. The number of Topliss-reactive ketones (excluding diaryl/α,β-unsaturated/α-hetero) is 1. The van der Waals surface area contributed by atoms with Gasteiger partial charge in [0.15, 0.2) is 5.78 Å². The fourth-order valence-electron chi connectivity index (χ4n) is 3.48. The van der Waals surface area contributed by atoms with Gasteiger partial charge in [0.1, 0.15) is 0 Å². The van der Waals surface area contributed by atoms with Crippen LogP contribution in [0.15, 0.2) is 33.6 Å². The monoisotopic (exact) mass is 404 g/mol. The van der Waals surface area contributed by atoms with E-state index >= 15 is 0 Å². The van der Waals surface area contributed by atoms with Crippen LogP contribution in [-0.4, -0.2) is 59.8 Å². The first kappa shape index (κ1) is 19.2. The van der Waals surface area contributed by atoms with E-state index in [4.69, 9.17) is 4.42 Å². The van der Waals surface area contributed by atoms with Gasteiger partial charge in [-0.3, -0.25) is 9.69 Å². The molecule has 1 saturated heterocycles. The van der Waals surface area contributed by atoms with Crippen molar-refractivity contribution in [2.45, 2.75) is 43.5 Å². The molecule has 0 bridgehead atoms. The molecule has 28 heavy (non-hydrogen) atoms. The molecule has 0 N–H and O–H groups in total. The van der Waals surface area contributed by atoms with E-state index in [0.29, 0.717) is 50.1 Å². The minimum Gasteiger partial charge on any atom is -0.424 e. The maximum Gasteiger partial charge on any atom is 0.243 e. The summed E-state index contributed by atoms with van der Waals surface area (Å²) in [6.07, 6.45) is 3.45. The quantitative estimate of drug-likeness (QED) is 0.680. The second-order valence-corrected chi connectivity index (χ2v) is 9.36. The van der Waals surface area contributed by atoms with Crippen LogP contribution in [0, 0.1) is 0 Å². The van der Waals surface area contributed by atoms with Gasteiger partial charge in [-0.2, -0.15) is 4.31 Å². The van der Waals surface area contributed by atoms with E-state index < -0.39 is 10.0 Å². The van der Waals surface area contributed by atoms with Gasteiger partial charge < -0.3 is 4.42 Å². The number of hydrogen-bond acceptors (Lipinski definition) is 7. The molecule has 1 aliphatic heterocycles. The number of ketones is 1. The Morgan fingerprint density at radius 2 is 1.79 bits per heavy atom. The predicted molar refractivity (Wildman–Crippen MR) is 101 cm³/mol. The van der Waals surface area contributed by atoms with E-state index in [1.165, 1.54) is 29.8 Å². The lowest BCUT2D eigenvalue weighted by Gasteiger charge is -2.33. The first-order chi connectivity index (χ1) is 13.4. The Balaban J connectivity index is 1.35. The number of rotatable bonds is 6. The normalized spacial score (nSPS) is 19.5. The lowest BCUT2D eigenvalue weighted by molar-refractivity contribution is 0.101. The number of carbonyl (C=O) groups excluding carboxylic acids is 1. The van der Waals surface area contributed by atoms with Gasteiger partial charge in [0, 0.05) is 37.7 Å². The second kappa shape index (κ2) is 7.73. The van der Waals surface area contributed by atoms with Gasteiger partial charge in [0.25, 0.3) is 0 Å². The smallest absolute Gasteiger partial charge is 0.243 e. The third-order valence-electron chi connectivity index (χ3n) is 5.53. The Labute approximate surface area is 164 Å². The molecule has 0 atom stereocenters. The highest BCUT2D eigenvalue weighted by Gasteiger charge is 2.30. The summed E-state index contributed by atoms with van der Waals surface area (Å²) in [5, 5.41) is 8.28. The van der Waals surface area contributed by atoms with E-state index in [-0.39, 0.29) is 10.7 Å². The number of piperazine rings is 1. The van der Waals surface area contributed by atoms with E-state index in [9.17, 15) is 13.2 Å². The molecule has 2 heterocycles.